The van der Waals surface area contributed by atoms with Crippen molar-refractivity contribution in [3.8, 4) is 17.6 Å². The summed E-state index contributed by atoms with van der Waals surface area (Å²) in [4.78, 5) is 34.6. The van der Waals surface area contributed by atoms with Gasteiger partial charge in [0.25, 0.3) is 21.8 Å². The van der Waals surface area contributed by atoms with Crippen molar-refractivity contribution in [2.45, 2.75) is 22.9 Å². The zero-order valence-corrected chi connectivity index (χ0v) is 32.4. The first-order valence-corrected chi connectivity index (χ1v) is 20.4. The standard InChI is InChI=1S/C42H38F3N5O5S2/c1-2-55-35-8-6-7-30(26-35)11-12-31-25-33(29-46-28-31)41(52)50-22-20-49(21-23-50)34-15-13-32(14-16-34)40(51)48-57(53,54)37-17-18-39(38(27-37)42(43,44)45)47-19-24-56-36-9-4-3-5-10-36/h3-10,13-18,25-29,47H,2,19-24H2,1H3,(H,48,51). The largest absolute Gasteiger partial charge is 0.494 e. The molecule has 0 radical (unpaired) electrons. The van der Waals surface area contributed by atoms with Crippen LogP contribution in [0.15, 0.2) is 125 Å². The molecule has 0 unspecified atom stereocenters. The monoisotopic (exact) mass is 813 g/mol. The topological polar surface area (TPSA) is 121 Å². The number of nitrogens with one attached hydrogen (secondary N) is 2. The molecule has 0 aliphatic carbocycles. The van der Waals surface area contributed by atoms with Gasteiger partial charge in [0.15, 0.2) is 0 Å². The molecule has 2 N–H and O–H groups in total. The van der Waals surface area contributed by atoms with Crippen molar-refractivity contribution >= 4 is 45.0 Å². The number of hydrogen-bond donors (Lipinski definition) is 2. The number of carbonyl (C=O) groups is 2. The fraction of sp³-hybridized carbons (Fsp3) is 0.214. The van der Waals surface area contributed by atoms with Gasteiger partial charge in [0.2, 0.25) is 0 Å². The first kappa shape index (κ1) is 40.7. The second-order valence-corrected chi connectivity index (χ2v) is 15.6. The van der Waals surface area contributed by atoms with E-state index in [-0.39, 0.29) is 23.7 Å². The molecule has 10 nitrogen and oxygen atoms in total. The van der Waals surface area contributed by atoms with Crippen LogP contribution >= 0.6 is 11.8 Å². The third-order valence-electron chi connectivity index (χ3n) is 8.81. The van der Waals surface area contributed by atoms with E-state index in [1.807, 2.05) is 71.1 Å². The third-order valence-corrected chi connectivity index (χ3v) is 11.1. The van der Waals surface area contributed by atoms with E-state index in [1.54, 1.807) is 29.3 Å². The molecule has 0 bridgehead atoms. The molecule has 5 aromatic rings. The molecule has 1 aliphatic heterocycles. The van der Waals surface area contributed by atoms with E-state index in [1.165, 1.54) is 30.1 Å². The summed E-state index contributed by atoms with van der Waals surface area (Å²) in [7, 11) is -4.65. The lowest BCUT2D eigenvalue weighted by Gasteiger charge is -2.36. The predicted molar refractivity (Wildman–Crippen MR) is 214 cm³/mol. The van der Waals surface area contributed by atoms with Gasteiger partial charge in [-0.3, -0.25) is 14.6 Å². The van der Waals surface area contributed by atoms with Gasteiger partial charge in [0.1, 0.15) is 5.75 Å². The SMILES string of the molecule is CCOc1cccc(C#Cc2cncc(C(=O)N3CCN(c4ccc(C(=O)NS(=O)(=O)c5ccc(NCCSc6ccccc6)c(C(F)(F)F)c5)cc4)CC3)c2)c1. The minimum absolute atomic E-state index is 0.00105. The van der Waals surface area contributed by atoms with E-state index < -0.39 is 32.6 Å². The third kappa shape index (κ3) is 10.9. The molecule has 1 aromatic heterocycles. The summed E-state index contributed by atoms with van der Waals surface area (Å²) in [5.41, 5.74) is 1.10. The highest BCUT2D eigenvalue weighted by atomic mass is 32.2. The molecule has 4 aromatic carbocycles. The minimum Gasteiger partial charge on any atom is -0.494 e. The van der Waals surface area contributed by atoms with Gasteiger partial charge in [0.05, 0.1) is 22.6 Å². The number of aromatic nitrogens is 1. The molecule has 1 fully saturated rings. The predicted octanol–water partition coefficient (Wildman–Crippen LogP) is 7.18. The molecular weight excluding hydrogens is 776 g/mol. The van der Waals surface area contributed by atoms with Crippen LogP contribution in [-0.2, 0) is 16.2 Å². The molecule has 15 heteroatoms. The lowest BCUT2D eigenvalue weighted by molar-refractivity contribution is -0.137. The van der Waals surface area contributed by atoms with E-state index in [2.05, 4.69) is 22.1 Å². The van der Waals surface area contributed by atoms with Crippen molar-refractivity contribution in [1.29, 1.82) is 0 Å². The summed E-state index contributed by atoms with van der Waals surface area (Å²) in [6.45, 7) is 4.47. The molecule has 2 amide bonds. The van der Waals surface area contributed by atoms with Crippen LogP contribution in [0.5, 0.6) is 5.75 Å². The molecule has 57 heavy (non-hydrogen) atoms. The Balaban J connectivity index is 1.03. The lowest BCUT2D eigenvalue weighted by Crippen LogP contribution is -2.48. The van der Waals surface area contributed by atoms with Gasteiger partial charge in [0, 0.05) is 83.8 Å². The van der Waals surface area contributed by atoms with Crippen molar-refractivity contribution in [3.63, 3.8) is 0 Å². The number of nitrogens with zero attached hydrogens (tertiary/aromatic N) is 3. The number of anilines is 2. The van der Waals surface area contributed by atoms with Crippen LogP contribution in [0, 0.1) is 11.8 Å². The Morgan fingerprint density at radius 1 is 0.842 bits per heavy atom. The molecule has 6 rings (SSSR count). The number of thioether (sulfide) groups is 1. The van der Waals surface area contributed by atoms with Crippen LogP contribution < -0.4 is 19.7 Å². The van der Waals surface area contributed by atoms with E-state index in [0.717, 1.165) is 34.0 Å². The summed E-state index contributed by atoms with van der Waals surface area (Å²) in [6, 6.07) is 27.3. The minimum atomic E-state index is -4.85. The van der Waals surface area contributed by atoms with Gasteiger partial charge in [-0.2, -0.15) is 13.2 Å². The summed E-state index contributed by atoms with van der Waals surface area (Å²) in [5.74, 6) is 6.17. The average Bonchev–Trinajstić information content (AvgIpc) is 3.22. The van der Waals surface area contributed by atoms with Gasteiger partial charge in [-0.15, -0.1) is 11.8 Å². The van der Waals surface area contributed by atoms with Crippen molar-refractivity contribution in [3.05, 3.63) is 143 Å². The van der Waals surface area contributed by atoms with Gasteiger partial charge < -0.3 is 19.9 Å². The Morgan fingerprint density at radius 3 is 2.30 bits per heavy atom. The number of hydrogen-bond acceptors (Lipinski definition) is 9. The second-order valence-electron chi connectivity index (χ2n) is 12.7. The Bertz CT molecular complexity index is 2380. The first-order valence-electron chi connectivity index (χ1n) is 17.9. The van der Waals surface area contributed by atoms with Gasteiger partial charge in [-0.25, -0.2) is 13.1 Å². The number of pyridine rings is 1. The number of carbonyl (C=O) groups excluding carboxylic acids is 2. The Hall–Kier alpha value is -5.98. The smallest absolute Gasteiger partial charge is 0.418 e. The lowest BCUT2D eigenvalue weighted by atomic mass is 10.1. The van der Waals surface area contributed by atoms with Crippen LogP contribution in [0.1, 0.15) is 44.3 Å². The fourth-order valence-corrected chi connectivity index (χ4v) is 7.75. The fourth-order valence-electron chi connectivity index (χ4n) is 5.96. The van der Waals surface area contributed by atoms with Crippen LogP contribution in [0.2, 0.25) is 0 Å². The maximum absolute atomic E-state index is 14.0. The number of sulfonamides is 1. The van der Waals surface area contributed by atoms with E-state index in [0.29, 0.717) is 55.7 Å². The van der Waals surface area contributed by atoms with Crippen molar-refractivity contribution < 1.29 is 35.9 Å². The zero-order chi connectivity index (χ0) is 40.4. The van der Waals surface area contributed by atoms with Crippen molar-refractivity contribution in [2.75, 3.05) is 55.3 Å². The number of piperazine rings is 1. The van der Waals surface area contributed by atoms with Crippen molar-refractivity contribution in [2.24, 2.45) is 0 Å². The highest BCUT2D eigenvalue weighted by Crippen LogP contribution is 2.36. The number of amides is 2. The van der Waals surface area contributed by atoms with Crippen molar-refractivity contribution in [1.82, 2.24) is 14.6 Å². The molecule has 0 atom stereocenters. The highest BCUT2D eigenvalue weighted by molar-refractivity contribution is 7.99. The molecule has 1 aliphatic rings. The zero-order valence-electron chi connectivity index (χ0n) is 30.8. The summed E-state index contributed by atoms with van der Waals surface area (Å²) in [6.07, 6.45) is -1.74. The van der Waals surface area contributed by atoms with E-state index in [4.69, 9.17) is 4.74 Å². The van der Waals surface area contributed by atoms with Gasteiger partial charge in [-0.05, 0) is 85.8 Å². The highest BCUT2D eigenvalue weighted by Gasteiger charge is 2.35. The van der Waals surface area contributed by atoms with Crippen LogP contribution in [-0.4, -0.2) is 75.2 Å². The Kier molecular flexibility index (Phi) is 13.1. The maximum atomic E-state index is 14.0. The number of ether oxygens (including phenoxy) is 1. The summed E-state index contributed by atoms with van der Waals surface area (Å²) >= 11 is 1.46. The summed E-state index contributed by atoms with van der Waals surface area (Å²) < 4.78 is 75.6. The average molecular weight is 814 g/mol. The molecule has 294 valence electrons. The summed E-state index contributed by atoms with van der Waals surface area (Å²) in [5, 5.41) is 2.74. The van der Waals surface area contributed by atoms with E-state index >= 15 is 0 Å². The van der Waals surface area contributed by atoms with E-state index in [9.17, 15) is 31.2 Å². The quantitative estimate of drug-likeness (QED) is 0.0767. The molecule has 0 spiro atoms. The number of halogens is 3. The van der Waals surface area contributed by atoms with Crippen LogP contribution in [0.4, 0.5) is 24.5 Å². The number of benzene rings is 4. The number of rotatable bonds is 12. The maximum Gasteiger partial charge on any atom is 0.418 e. The Labute approximate surface area is 333 Å². The van der Waals surface area contributed by atoms with Crippen LogP contribution in [0.3, 0.4) is 0 Å². The molecule has 0 saturated carbocycles. The molecular formula is C42H38F3N5O5S2. The number of alkyl halides is 3. The molecule has 2 heterocycles. The normalized spacial score (nSPS) is 13.0. The Morgan fingerprint density at radius 2 is 1.58 bits per heavy atom. The second kappa shape index (κ2) is 18.3. The van der Waals surface area contributed by atoms with Gasteiger partial charge in [-0.1, -0.05) is 36.1 Å². The first-order chi connectivity index (χ1) is 27.4. The van der Waals surface area contributed by atoms with Gasteiger partial charge >= 0.3 is 6.18 Å². The van der Waals surface area contributed by atoms with Crippen LogP contribution in [0.25, 0.3) is 0 Å². The molecule has 1 saturated heterocycles.